The summed E-state index contributed by atoms with van der Waals surface area (Å²) in [5, 5.41) is 14.8. The molecule has 2 rings (SSSR count). The zero-order valence-corrected chi connectivity index (χ0v) is 12.6. The van der Waals surface area contributed by atoms with Crippen LogP contribution in [0.3, 0.4) is 0 Å². The summed E-state index contributed by atoms with van der Waals surface area (Å²) in [6.45, 7) is 3.34. The molecule has 2 aliphatic rings. The zero-order valence-electron chi connectivity index (χ0n) is 12.6. The average molecular weight is 298 g/mol. The van der Waals surface area contributed by atoms with Crippen LogP contribution in [-0.4, -0.2) is 42.4 Å². The van der Waals surface area contributed by atoms with Gasteiger partial charge in [0.1, 0.15) is 0 Å². The Balaban J connectivity index is 1.55. The van der Waals surface area contributed by atoms with Gasteiger partial charge in [0.2, 0.25) is 0 Å². The quantitative estimate of drug-likeness (QED) is 0.697. The third-order valence-electron chi connectivity index (χ3n) is 4.58. The minimum absolute atomic E-state index is 0.115. The van der Waals surface area contributed by atoms with Crippen molar-refractivity contribution in [2.75, 3.05) is 13.2 Å². The summed E-state index contributed by atoms with van der Waals surface area (Å²) in [7, 11) is 0. The number of rotatable bonds is 6. The molecule has 0 aromatic heterocycles. The number of carbonyl (C=O) groups excluding carboxylic acids is 1. The summed E-state index contributed by atoms with van der Waals surface area (Å²) >= 11 is 0. The van der Waals surface area contributed by atoms with Crippen LogP contribution in [0.5, 0.6) is 0 Å². The fraction of sp³-hybridized carbons (Fsp3) is 0.867. The predicted octanol–water partition coefficient (Wildman–Crippen LogP) is 1.74. The first-order chi connectivity index (χ1) is 10.1. The number of hydrogen-bond donors (Lipinski definition) is 3. The molecule has 0 unspecified atom stereocenters. The molecule has 0 aromatic rings. The summed E-state index contributed by atoms with van der Waals surface area (Å²) < 4.78 is 5.45. The maximum Gasteiger partial charge on any atom is 0.315 e. The Morgan fingerprint density at radius 2 is 1.86 bits per heavy atom. The van der Waals surface area contributed by atoms with Crippen molar-refractivity contribution < 1.29 is 19.4 Å². The van der Waals surface area contributed by atoms with Crippen LogP contribution >= 0.6 is 0 Å². The van der Waals surface area contributed by atoms with Gasteiger partial charge in [0.15, 0.2) is 0 Å². The van der Waals surface area contributed by atoms with Gasteiger partial charge in [-0.1, -0.05) is 0 Å². The van der Waals surface area contributed by atoms with E-state index in [2.05, 4.69) is 10.6 Å². The van der Waals surface area contributed by atoms with Gasteiger partial charge in [0, 0.05) is 19.2 Å². The second kappa shape index (κ2) is 7.64. The number of ether oxygens (including phenoxy) is 1. The topological polar surface area (TPSA) is 87.7 Å². The monoisotopic (exact) mass is 298 g/mol. The van der Waals surface area contributed by atoms with Crippen molar-refractivity contribution in [1.82, 2.24) is 10.6 Å². The molecule has 2 saturated carbocycles. The highest BCUT2D eigenvalue weighted by molar-refractivity contribution is 5.74. The van der Waals surface area contributed by atoms with Crippen LogP contribution in [0, 0.1) is 11.8 Å². The highest BCUT2D eigenvalue weighted by Crippen LogP contribution is 2.28. The standard InChI is InChI=1S/C15H26N2O4/c1-2-21-13-7-12(8-13)17-15(20)16-9-10-3-5-11(6-4-10)14(18)19/h10-13H,2-9H2,1H3,(H,18,19)(H2,16,17,20). The fourth-order valence-corrected chi connectivity index (χ4v) is 3.14. The predicted molar refractivity (Wildman–Crippen MR) is 78.1 cm³/mol. The van der Waals surface area contributed by atoms with Crippen LogP contribution in [0.15, 0.2) is 0 Å². The van der Waals surface area contributed by atoms with Crippen LogP contribution in [0.2, 0.25) is 0 Å². The van der Waals surface area contributed by atoms with E-state index in [1.54, 1.807) is 0 Å². The van der Waals surface area contributed by atoms with Crippen LogP contribution < -0.4 is 10.6 Å². The molecule has 0 saturated heterocycles. The Bertz CT molecular complexity index is 361. The maximum atomic E-state index is 11.8. The summed E-state index contributed by atoms with van der Waals surface area (Å²) in [4.78, 5) is 22.6. The van der Waals surface area contributed by atoms with Crippen molar-refractivity contribution in [2.24, 2.45) is 11.8 Å². The molecular formula is C15H26N2O4. The Labute approximate surface area is 125 Å². The number of amides is 2. The SMILES string of the molecule is CCOC1CC(NC(=O)NCC2CCC(C(=O)O)CC2)C1. The van der Waals surface area contributed by atoms with Crippen molar-refractivity contribution in [3.8, 4) is 0 Å². The van der Waals surface area contributed by atoms with Crippen molar-refractivity contribution in [3.05, 3.63) is 0 Å². The lowest BCUT2D eigenvalue weighted by molar-refractivity contribution is -0.143. The number of aliphatic carboxylic acids is 1. The number of urea groups is 1. The lowest BCUT2D eigenvalue weighted by Gasteiger charge is -2.35. The molecule has 2 aliphatic carbocycles. The average Bonchev–Trinajstić information content (AvgIpc) is 2.43. The molecule has 120 valence electrons. The Morgan fingerprint density at radius 3 is 2.43 bits per heavy atom. The van der Waals surface area contributed by atoms with Gasteiger partial charge in [-0.3, -0.25) is 4.79 Å². The van der Waals surface area contributed by atoms with E-state index in [0.717, 1.165) is 45.1 Å². The maximum absolute atomic E-state index is 11.8. The number of carboxylic acid groups (broad SMARTS) is 1. The molecular weight excluding hydrogens is 272 g/mol. The van der Waals surface area contributed by atoms with E-state index < -0.39 is 5.97 Å². The molecule has 21 heavy (non-hydrogen) atoms. The molecule has 0 atom stereocenters. The summed E-state index contributed by atoms with van der Waals surface area (Å²) in [5.74, 6) is -0.475. The number of nitrogens with one attached hydrogen (secondary N) is 2. The van der Waals surface area contributed by atoms with Gasteiger partial charge in [-0.05, 0) is 51.4 Å². The van der Waals surface area contributed by atoms with Crippen LogP contribution in [0.25, 0.3) is 0 Å². The lowest BCUT2D eigenvalue weighted by Crippen LogP contribution is -2.51. The Morgan fingerprint density at radius 1 is 1.19 bits per heavy atom. The molecule has 0 heterocycles. The van der Waals surface area contributed by atoms with Crippen molar-refractivity contribution >= 4 is 12.0 Å². The highest BCUT2D eigenvalue weighted by atomic mass is 16.5. The highest BCUT2D eigenvalue weighted by Gasteiger charge is 2.31. The summed E-state index contributed by atoms with van der Waals surface area (Å²) in [5.41, 5.74) is 0. The summed E-state index contributed by atoms with van der Waals surface area (Å²) in [6, 6.07) is 0.111. The van der Waals surface area contributed by atoms with Gasteiger partial charge >= 0.3 is 12.0 Å². The van der Waals surface area contributed by atoms with Crippen molar-refractivity contribution in [1.29, 1.82) is 0 Å². The van der Waals surface area contributed by atoms with Gasteiger partial charge in [0.25, 0.3) is 0 Å². The van der Waals surface area contributed by atoms with Gasteiger partial charge < -0.3 is 20.5 Å². The molecule has 0 bridgehead atoms. The second-order valence-corrected chi connectivity index (χ2v) is 6.16. The van der Waals surface area contributed by atoms with Crippen molar-refractivity contribution in [2.45, 2.75) is 57.6 Å². The largest absolute Gasteiger partial charge is 0.481 e. The van der Waals surface area contributed by atoms with E-state index >= 15 is 0 Å². The van der Waals surface area contributed by atoms with Crippen LogP contribution in [0.4, 0.5) is 4.79 Å². The van der Waals surface area contributed by atoms with E-state index in [-0.39, 0.29) is 18.0 Å². The van der Waals surface area contributed by atoms with E-state index in [1.807, 2.05) is 6.92 Å². The first kappa shape index (κ1) is 16.1. The van der Waals surface area contributed by atoms with Gasteiger partial charge in [-0.15, -0.1) is 0 Å². The third-order valence-corrected chi connectivity index (χ3v) is 4.58. The molecule has 0 spiro atoms. The van der Waals surface area contributed by atoms with E-state index in [4.69, 9.17) is 9.84 Å². The zero-order chi connectivity index (χ0) is 15.2. The van der Waals surface area contributed by atoms with E-state index in [9.17, 15) is 9.59 Å². The summed E-state index contributed by atoms with van der Waals surface area (Å²) in [6.07, 6.45) is 5.30. The fourth-order valence-electron chi connectivity index (χ4n) is 3.14. The molecule has 6 heteroatoms. The third kappa shape index (κ3) is 4.88. The minimum Gasteiger partial charge on any atom is -0.481 e. The molecule has 2 fully saturated rings. The smallest absolute Gasteiger partial charge is 0.315 e. The van der Waals surface area contributed by atoms with Crippen LogP contribution in [0.1, 0.15) is 45.4 Å². The normalized spacial score (nSPS) is 32.0. The molecule has 0 radical (unpaired) electrons. The number of carboxylic acids is 1. The molecule has 3 N–H and O–H groups in total. The molecule has 6 nitrogen and oxygen atoms in total. The minimum atomic E-state index is -0.687. The first-order valence-corrected chi connectivity index (χ1v) is 7.97. The first-order valence-electron chi connectivity index (χ1n) is 7.97. The van der Waals surface area contributed by atoms with Gasteiger partial charge in [0.05, 0.1) is 12.0 Å². The second-order valence-electron chi connectivity index (χ2n) is 6.16. The molecule has 2 amide bonds. The number of hydrogen-bond acceptors (Lipinski definition) is 3. The molecule has 0 aliphatic heterocycles. The van der Waals surface area contributed by atoms with Crippen molar-refractivity contribution in [3.63, 3.8) is 0 Å². The number of carbonyl (C=O) groups is 2. The van der Waals surface area contributed by atoms with E-state index in [1.165, 1.54) is 0 Å². The van der Waals surface area contributed by atoms with E-state index in [0.29, 0.717) is 18.6 Å². The Hall–Kier alpha value is -1.30. The van der Waals surface area contributed by atoms with Crippen LogP contribution in [-0.2, 0) is 9.53 Å². The lowest BCUT2D eigenvalue weighted by atomic mass is 9.82. The van der Waals surface area contributed by atoms with Gasteiger partial charge in [-0.2, -0.15) is 0 Å². The Kier molecular flexibility index (Phi) is 5.85. The van der Waals surface area contributed by atoms with Gasteiger partial charge in [-0.25, -0.2) is 4.79 Å². The molecule has 0 aromatic carbocycles.